The van der Waals surface area contributed by atoms with Crippen LogP contribution in [0, 0.1) is 0 Å². The number of carbonyl (C=O) groups is 10. The second-order valence-electron chi connectivity index (χ2n) is 36.1. The fourth-order valence-corrected chi connectivity index (χ4v) is 17.3. The fraction of sp³-hybridized carbons (Fsp3) is 0.516. The van der Waals surface area contributed by atoms with Crippen LogP contribution < -0.4 is 79.3 Å². The van der Waals surface area contributed by atoms with Crippen LogP contribution in [0.5, 0.6) is 0 Å². The topological polar surface area (TPSA) is 640 Å². The molecule has 148 heavy (non-hydrogen) atoms. The highest BCUT2D eigenvalue weighted by Crippen LogP contribution is 2.32. The number of aromatic nitrogens is 20. The van der Waals surface area contributed by atoms with Crippen molar-refractivity contribution in [2.24, 2.45) is 0 Å². The number of ether oxygens (including phenoxy) is 6. The van der Waals surface area contributed by atoms with Gasteiger partial charge in [0.2, 0.25) is 89.0 Å². The van der Waals surface area contributed by atoms with E-state index in [2.05, 4.69) is 169 Å². The van der Waals surface area contributed by atoms with Crippen molar-refractivity contribution in [1.82, 2.24) is 134 Å². The maximum Gasteiger partial charge on any atom is 0.254 e. The number of halogens is 1. The van der Waals surface area contributed by atoms with Gasteiger partial charge in [-0.05, 0) is 141 Å². The zero-order valence-corrected chi connectivity index (χ0v) is 83.6. The molecule has 10 amide bonds. The maximum atomic E-state index is 13.7. The van der Waals surface area contributed by atoms with Crippen LogP contribution in [0.3, 0.4) is 0 Å². The number of likely N-dealkylation sites (tertiary alicyclic amines) is 1. The van der Waals surface area contributed by atoms with Gasteiger partial charge in [-0.25, -0.2) is 4.39 Å². The number of nitrogens with one attached hydrogen (secondary N) is 14. The van der Waals surface area contributed by atoms with E-state index in [4.69, 9.17) is 33.4 Å². The summed E-state index contributed by atoms with van der Waals surface area (Å²) in [6.07, 6.45) is 26.7. The van der Waals surface area contributed by atoms with E-state index in [9.17, 15) is 57.4 Å². The summed E-state index contributed by atoms with van der Waals surface area (Å²) in [7, 11) is 14.0. The number of hydrogen-bond acceptors (Lipinski definition) is 44. The first-order valence-electron chi connectivity index (χ1n) is 48.9. The van der Waals surface area contributed by atoms with E-state index in [0.29, 0.717) is 247 Å². The lowest BCUT2D eigenvalue weighted by Gasteiger charge is -2.33. The standard InChI is InChI=1S/C21H30N8O3.C20H28N8O3.C19H25N7O4.C17H20FN7O3.C16H21N7O4/c1-28(2)16-6-4-15(5-7-16)24-20-26-18-14(10-13-11-17(30)25-19(13)31)12-23-29(18)21(27-20)22-8-9-32-3;1-31-10-6-22-20-26-19(21-5-4-9-27-7-2-3-8-27)25-17-15(13-23-28(17)20)11-14-12-16(29)24-18(14)30;1-30-7-6-20-19-25-18(22-13-2-4-14(27)5-3-13)24-16-12(10-21-26(16)19)8-11-9-15(28)23-17(11)29;1-28-5-3-19-16-23-17(24-4-2-12(18)9-24)22-14-11(8-20-25(14)16)6-10-7-13(26)21-15(10)27;1-26-5-3-17-15-21-13-11(7-10-8-12(24)20-14(10)25)9-19-23(13)16(22-15)18-4-6-27-2/h10,12,15-16H,4-9,11H2,1-3H3,(H,25,30,31)(H2,22,24,26,27);11,13H,2-10,12H2,1H3,(H,24,29,30)(H2,21,22,25,26);8,10,13-14,27H,2-7,9H2,1H3,(H,23,28,29)(H2,20,22,24,25);6,8,12H,2-5,7,9H2,1H3,(H,19,22,23)(H,21,26,27);7,9H,3-6,8H2,1-2H3,(H,20,24,25)(H2,17,18,21,22)/b13-10+;14-11+;11-8+;10-6+;10-7+. The van der Waals surface area contributed by atoms with Crippen LogP contribution in [-0.2, 0) is 76.4 Å². The molecule has 15 N–H and O–H groups in total. The number of rotatable bonds is 40. The highest BCUT2D eigenvalue weighted by molar-refractivity contribution is 6.19. The molecule has 0 radical (unpaired) electrons. The number of carbonyl (C=O) groups excluding carboxylic acids is 10. The molecule has 0 aromatic carbocycles. The van der Waals surface area contributed by atoms with E-state index in [1.54, 1.807) is 122 Å². The number of imide groups is 5. The molecule has 7 aliphatic heterocycles. The third-order valence-electron chi connectivity index (χ3n) is 25.0. The number of alkyl halides is 1. The first-order chi connectivity index (χ1) is 71.8. The van der Waals surface area contributed by atoms with Crippen LogP contribution in [0.1, 0.15) is 137 Å². The molecular weight excluding hydrogens is 1930 g/mol. The predicted octanol–water partition coefficient (Wildman–Crippen LogP) is 1.57. The zero-order chi connectivity index (χ0) is 104. The normalized spacial score (nSPS) is 20.3. The Bertz CT molecular complexity index is 6630. The molecule has 0 spiro atoms. The smallest absolute Gasteiger partial charge is 0.254 e. The number of aliphatic hydroxyl groups excluding tert-OH is 1. The molecule has 7 saturated heterocycles. The van der Waals surface area contributed by atoms with Crippen LogP contribution in [0.4, 0.5) is 63.9 Å². The summed E-state index contributed by atoms with van der Waals surface area (Å²) in [6, 6.07) is 1.07. The van der Waals surface area contributed by atoms with Crippen molar-refractivity contribution < 1.29 is 85.9 Å². The average molecular weight is 2050 g/mol. The maximum absolute atomic E-state index is 13.7. The number of nitrogens with zero attached hydrogens (tertiary/aromatic N) is 23. The van der Waals surface area contributed by atoms with Crippen LogP contribution >= 0.6 is 0 Å². The van der Waals surface area contributed by atoms with Gasteiger partial charge in [-0.2, -0.15) is 97.9 Å². The van der Waals surface area contributed by atoms with Gasteiger partial charge < -0.3 is 96.1 Å². The van der Waals surface area contributed by atoms with Crippen molar-refractivity contribution in [2.45, 2.75) is 140 Å². The second-order valence-corrected chi connectivity index (χ2v) is 36.1. The lowest BCUT2D eigenvalue weighted by Crippen LogP contribution is -2.36. The van der Waals surface area contributed by atoms with Gasteiger partial charge in [-0.1, -0.05) is 0 Å². The molecule has 0 bridgehead atoms. The quantitative estimate of drug-likeness (QED) is 0.0147. The van der Waals surface area contributed by atoms with Crippen molar-refractivity contribution in [3.8, 4) is 0 Å². The Morgan fingerprint density at radius 3 is 0.953 bits per heavy atom. The molecule has 19 rings (SSSR count). The van der Waals surface area contributed by atoms with Gasteiger partial charge in [0.15, 0.2) is 28.2 Å². The predicted molar refractivity (Wildman–Crippen MR) is 541 cm³/mol. The number of aliphatic hydroxyl groups is 1. The van der Waals surface area contributed by atoms with Gasteiger partial charge in [0.25, 0.3) is 29.5 Å². The van der Waals surface area contributed by atoms with E-state index < -0.39 is 23.9 Å². The molecule has 790 valence electrons. The molecular formula is C93H124FN37O17. The molecule has 2 saturated carbocycles. The molecule has 10 aromatic rings. The van der Waals surface area contributed by atoms with Gasteiger partial charge in [0, 0.05) is 169 Å². The Kier molecular flexibility index (Phi) is 37.3. The lowest BCUT2D eigenvalue weighted by molar-refractivity contribution is -0.125. The third kappa shape index (κ3) is 28.3. The number of anilines is 10. The monoisotopic (exact) mass is 2050 g/mol. The Morgan fingerprint density at radius 2 is 0.655 bits per heavy atom. The lowest BCUT2D eigenvalue weighted by atomic mass is 9.91. The Morgan fingerprint density at radius 1 is 0.365 bits per heavy atom. The summed E-state index contributed by atoms with van der Waals surface area (Å²) in [5.41, 5.74) is 7.60. The van der Waals surface area contributed by atoms with E-state index in [1.165, 1.54) is 35.0 Å². The van der Waals surface area contributed by atoms with E-state index in [-0.39, 0.29) is 92.1 Å². The minimum Gasteiger partial charge on any atom is -0.393 e. The highest BCUT2D eigenvalue weighted by atomic mass is 19.1. The number of amides is 10. The minimum absolute atomic E-state index is 0.0166. The molecule has 55 heteroatoms. The average Bonchev–Trinajstić information content (AvgIpc) is 1.65. The fourth-order valence-electron chi connectivity index (χ4n) is 17.3. The summed E-state index contributed by atoms with van der Waals surface area (Å²) in [6.45, 7) is 11.1. The molecule has 54 nitrogen and oxygen atoms in total. The molecule has 10 aromatic heterocycles. The first-order valence-corrected chi connectivity index (χ1v) is 48.9. The van der Waals surface area contributed by atoms with Gasteiger partial charge in [-0.15, -0.1) is 0 Å². The van der Waals surface area contributed by atoms with Crippen LogP contribution in [0.15, 0.2) is 58.8 Å². The van der Waals surface area contributed by atoms with E-state index in [1.807, 2.05) is 0 Å². The molecule has 2 aliphatic carbocycles. The zero-order valence-electron chi connectivity index (χ0n) is 83.6. The van der Waals surface area contributed by atoms with Gasteiger partial charge in [0.1, 0.15) is 6.17 Å². The number of fused-ring (bicyclic) bond motifs is 5. The van der Waals surface area contributed by atoms with E-state index in [0.717, 1.165) is 70.9 Å². The molecule has 9 aliphatic rings. The highest BCUT2D eigenvalue weighted by Gasteiger charge is 2.34. The minimum atomic E-state index is -0.913. The van der Waals surface area contributed by atoms with E-state index >= 15 is 0 Å². The number of hydrogen-bond donors (Lipinski definition) is 15. The third-order valence-corrected chi connectivity index (χ3v) is 25.0. The summed E-state index contributed by atoms with van der Waals surface area (Å²) in [5, 5.41) is 71.9. The van der Waals surface area contributed by atoms with Gasteiger partial charge in [-0.3, -0.25) is 74.5 Å². The molecule has 1 unspecified atom stereocenters. The summed E-state index contributed by atoms with van der Waals surface area (Å²) in [4.78, 5) is 169. The summed E-state index contributed by atoms with van der Waals surface area (Å²) < 4.78 is 51.9. The second kappa shape index (κ2) is 51.7. The van der Waals surface area contributed by atoms with Crippen molar-refractivity contribution in [3.63, 3.8) is 0 Å². The van der Waals surface area contributed by atoms with Crippen LogP contribution in [0.2, 0.25) is 0 Å². The molecule has 17 heterocycles. The van der Waals surface area contributed by atoms with Gasteiger partial charge in [0.05, 0.1) is 115 Å². The van der Waals surface area contributed by atoms with Gasteiger partial charge >= 0.3 is 0 Å². The number of methoxy groups -OCH3 is 6. The first kappa shape index (κ1) is 107. The Hall–Kier alpha value is -15.3. The van der Waals surface area contributed by atoms with Crippen molar-refractivity contribution in [2.75, 3.05) is 228 Å². The Balaban J connectivity index is 0.000000139. The van der Waals surface area contributed by atoms with Crippen LogP contribution in [0.25, 0.3) is 58.6 Å². The molecule has 1 atom stereocenters. The summed E-state index contributed by atoms with van der Waals surface area (Å²) in [5.74, 6) is 1.15. The SMILES string of the molecule is COCCNc1nc(N2CCC(F)C2)nc2c(/C=C3\CC(=O)NC3=O)cnn12.COCCNc1nc(NC2CCC(N(C)C)CC2)nc2c(/C=C3\CC(=O)NC3=O)cnn12.COCCNc1nc(NC2CCC(O)CC2)nc2c(/C=C3\CC(=O)NC3=O)cnn12.COCCNc1nc(NCCCN2CCCC2)nc2c(/C=C3\CC(=O)NC3=O)cnn12.COCCNc1nc(NCCOC)n2ncc(/C=C3\CC(=O)NC3=O)c2n1. The van der Waals surface area contributed by atoms with Crippen molar-refractivity contribution >= 4 is 177 Å². The van der Waals surface area contributed by atoms with Crippen molar-refractivity contribution in [3.05, 3.63) is 86.7 Å². The summed E-state index contributed by atoms with van der Waals surface area (Å²) >= 11 is 0. The molecule has 9 fully saturated rings. The largest absolute Gasteiger partial charge is 0.393 e. The van der Waals surface area contributed by atoms with Crippen molar-refractivity contribution in [1.29, 1.82) is 0 Å². The van der Waals surface area contributed by atoms with Crippen LogP contribution in [-0.4, -0.2) is 377 Å². The Labute approximate surface area is 847 Å².